The SMILES string of the molecule is CCOC(=O)c1sc2nc(CN(C)C3CCCCC3)[nH]c(=O)c2c1C(C)C. The van der Waals surface area contributed by atoms with Gasteiger partial charge in [0.1, 0.15) is 15.5 Å². The van der Waals surface area contributed by atoms with Gasteiger partial charge < -0.3 is 9.72 Å². The van der Waals surface area contributed by atoms with Crippen LogP contribution in [0.25, 0.3) is 10.2 Å². The zero-order valence-corrected chi connectivity index (χ0v) is 17.4. The lowest BCUT2D eigenvalue weighted by Gasteiger charge is -2.30. The van der Waals surface area contributed by atoms with E-state index in [-0.39, 0.29) is 17.4 Å². The first-order valence-corrected chi connectivity index (χ1v) is 10.7. The molecule has 0 saturated heterocycles. The maximum atomic E-state index is 12.8. The molecule has 0 unspecified atom stereocenters. The summed E-state index contributed by atoms with van der Waals surface area (Å²) < 4.78 is 5.19. The number of thiophene rings is 1. The molecule has 2 aromatic heterocycles. The highest BCUT2D eigenvalue weighted by molar-refractivity contribution is 7.20. The Labute approximate surface area is 163 Å². The molecule has 1 aliphatic rings. The lowest BCUT2D eigenvalue weighted by Crippen LogP contribution is -2.34. The molecule has 0 radical (unpaired) electrons. The highest BCUT2D eigenvalue weighted by Gasteiger charge is 2.25. The number of aromatic amines is 1. The molecular formula is C20H29N3O3S. The number of carbonyl (C=O) groups is 1. The van der Waals surface area contributed by atoms with Gasteiger partial charge in [-0.15, -0.1) is 11.3 Å². The predicted octanol–water partition coefficient (Wildman–Crippen LogP) is 4.05. The molecule has 0 atom stereocenters. The van der Waals surface area contributed by atoms with E-state index >= 15 is 0 Å². The Morgan fingerprint density at radius 1 is 1.33 bits per heavy atom. The number of fused-ring (bicyclic) bond motifs is 1. The van der Waals surface area contributed by atoms with Gasteiger partial charge in [-0.05, 0) is 38.3 Å². The minimum Gasteiger partial charge on any atom is -0.462 e. The molecule has 2 heterocycles. The second-order valence-electron chi connectivity index (χ2n) is 7.62. The number of nitrogens with one attached hydrogen (secondary N) is 1. The largest absolute Gasteiger partial charge is 0.462 e. The summed E-state index contributed by atoms with van der Waals surface area (Å²) >= 11 is 1.27. The summed E-state index contributed by atoms with van der Waals surface area (Å²) in [6.45, 7) is 6.67. The van der Waals surface area contributed by atoms with Gasteiger partial charge in [0.15, 0.2) is 0 Å². The van der Waals surface area contributed by atoms with Gasteiger partial charge in [0.25, 0.3) is 5.56 Å². The fourth-order valence-corrected chi connectivity index (χ4v) is 5.18. The number of hydrogen-bond acceptors (Lipinski definition) is 6. The maximum absolute atomic E-state index is 12.8. The summed E-state index contributed by atoms with van der Waals surface area (Å²) in [4.78, 5) is 36.2. The quantitative estimate of drug-likeness (QED) is 0.752. The van der Waals surface area contributed by atoms with Crippen molar-refractivity contribution in [3.63, 3.8) is 0 Å². The van der Waals surface area contributed by atoms with Crippen molar-refractivity contribution in [1.29, 1.82) is 0 Å². The van der Waals surface area contributed by atoms with E-state index in [2.05, 4.69) is 16.9 Å². The Hall–Kier alpha value is -1.73. The summed E-state index contributed by atoms with van der Waals surface area (Å²) in [7, 11) is 2.10. The van der Waals surface area contributed by atoms with Gasteiger partial charge >= 0.3 is 5.97 Å². The Kier molecular flexibility index (Phi) is 6.32. The van der Waals surface area contributed by atoms with E-state index in [1.165, 1.54) is 43.4 Å². The summed E-state index contributed by atoms with van der Waals surface area (Å²) in [5.74, 6) is 0.328. The molecule has 2 aromatic rings. The third-order valence-electron chi connectivity index (χ3n) is 5.28. The summed E-state index contributed by atoms with van der Waals surface area (Å²) in [5.41, 5.74) is 0.580. The fraction of sp³-hybridized carbons (Fsp3) is 0.650. The van der Waals surface area contributed by atoms with Gasteiger partial charge in [0.2, 0.25) is 0 Å². The zero-order chi connectivity index (χ0) is 19.6. The van der Waals surface area contributed by atoms with Crippen LogP contribution >= 0.6 is 11.3 Å². The average molecular weight is 392 g/mol. The summed E-state index contributed by atoms with van der Waals surface area (Å²) in [6, 6.07) is 0.546. The molecule has 0 aromatic carbocycles. The highest BCUT2D eigenvalue weighted by atomic mass is 32.1. The Morgan fingerprint density at radius 2 is 2.04 bits per heavy atom. The average Bonchev–Trinajstić information content (AvgIpc) is 3.03. The molecule has 7 heteroatoms. The molecule has 1 N–H and O–H groups in total. The molecule has 0 bridgehead atoms. The Morgan fingerprint density at radius 3 is 2.67 bits per heavy atom. The number of carbonyl (C=O) groups excluding carboxylic acids is 1. The summed E-state index contributed by atoms with van der Waals surface area (Å²) in [5, 5.41) is 0.530. The van der Waals surface area contributed by atoms with Crippen LogP contribution in [-0.4, -0.2) is 40.5 Å². The molecular weight excluding hydrogens is 362 g/mol. The molecule has 6 nitrogen and oxygen atoms in total. The van der Waals surface area contributed by atoms with Crippen LogP contribution < -0.4 is 5.56 Å². The first-order chi connectivity index (χ1) is 12.9. The van der Waals surface area contributed by atoms with Crippen LogP contribution in [0.1, 0.15) is 79.9 Å². The minimum absolute atomic E-state index is 0.0387. The van der Waals surface area contributed by atoms with E-state index < -0.39 is 0 Å². The van der Waals surface area contributed by atoms with Gasteiger partial charge in [-0.2, -0.15) is 0 Å². The lowest BCUT2D eigenvalue weighted by molar-refractivity contribution is 0.0530. The van der Waals surface area contributed by atoms with Crippen molar-refractivity contribution in [2.24, 2.45) is 0 Å². The van der Waals surface area contributed by atoms with Crippen molar-refractivity contribution in [3.05, 3.63) is 26.6 Å². The minimum atomic E-state index is -0.371. The van der Waals surface area contributed by atoms with E-state index in [0.717, 1.165) is 5.56 Å². The number of ether oxygens (including phenoxy) is 1. The number of aromatic nitrogens is 2. The topological polar surface area (TPSA) is 75.3 Å². The van der Waals surface area contributed by atoms with E-state index in [1.54, 1.807) is 6.92 Å². The molecule has 1 fully saturated rings. The first-order valence-electron chi connectivity index (χ1n) is 9.85. The Bertz CT molecular complexity index is 865. The number of esters is 1. The molecule has 3 rings (SSSR count). The van der Waals surface area contributed by atoms with Gasteiger partial charge in [0.05, 0.1) is 18.5 Å². The smallest absolute Gasteiger partial charge is 0.348 e. The van der Waals surface area contributed by atoms with Crippen LogP contribution in [0.4, 0.5) is 0 Å². The molecule has 0 aliphatic heterocycles. The molecule has 1 saturated carbocycles. The van der Waals surface area contributed by atoms with Gasteiger partial charge in [-0.3, -0.25) is 9.69 Å². The Balaban J connectivity index is 1.96. The number of nitrogens with zero attached hydrogens (tertiary/aromatic N) is 2. The monoisotopic (exact) mass is 391 g/mol. The highest BCUT2D eigenvalue weighted by Crippen LogP contribution is 2.34. The molecule has 0 spiro atoms. The molecule has 0 amide bonds. The van der Waals surface area contributed by atoms with E-state index in [1.807, 2.05) is 13.8 Å². The third-order valence-corrected chi connectivity index (χ3v) is 6.36. The molecule has 148 valence electrons. The van der Waals surface area contributed by atoms with Crippen molar-refractivity contribution in [2.45, 2.75) is 71.4 Å². The first kappa shape index (κ1) is 20.0. The second kappa shape index (κ2) is 8.52. The van der Waals surface area contributed by atoms with Crippen LogP contribution in [0.15, 0.2) is 4.79 Å². The van der Waals surface area contributed by atoms with Crippen LogP contribution in [0.5, 0.6) is 0 Å². The van der Waals surface area contributed by atoms with Crippen molar-refractivity contribution >= 4 is 27.5 Å². The van der Waals surface area contributed by atoms with Crippen LogP contribution in [0.2, 0.25) is 0 Å². The van der Waals surface area contributed by atoms with Crippen molar-refractivity contribution in [1.82, 2.24) is 14.9 Å². The number of rotatable bonds is 6. The van der Waals surface area contributed by atoms with E-state index in [4.69, 9.17) is 9.72 Å². The summed E-state index contributed by atoms with van der Waals surface area (Å²) in [6.07, 6.45) is 6.25. The van der Waals surface area contributed by atoms with Crippen LogP contribution in [0.3, 0.4) is 0 Å². The molecule has 1 aliphatic carbocycles. The fourth-order valence-electron chi connectivity index (χ4n) is 3.93. The van der Waals surface area contributed by atoms with Crippen LogP contribution in [-0.2, 0) is 11.3 Å². The van der Waals surface area contributed by atoms with Crippen molar-refractivity contribution in [2.75, 3.05) is 13.7 Å². The number of hydrogen-bond donors (Lipinski definition) is 1. The standard InChI is InChI=1S/C20H29N3O3S/c1-5-26-20(25)17-15(12(2)3)16-18(24)21-14(22-19(16)27-17)11-23(4)13-9-7-6-8-10-13/h12-13H,5-11H2,1-4H3,(H,21,22,24). The van der Waals surface area contributed by atoms with Gasteiger partial charge in [-0.25, -0.2) is 9.78 Å². The normalized spacial score (nSPS) is 15.8. The van der Waals surface area contributed by atoms with Crippen molar-refractivity contribution in [3.8, 4) is 0 Å². The maximum Gasteiger partial charge on any atom is 0.348 e. The predicted molar refractivity (Wildman–Crippen MR) is 109 cm³/mol. The number of H-pyrrole nitrogens is 1. The molecule has 27 heavy (non-hydrogen) atoms. The third kappa shape index (κ3) is 4.24. The van der Waals surface area contributed by atoms with Crippen molar-refractivity contribution < 1.29 is 9.53 Å². The van der Waals surface area contributed by atoms with Crippen LogP contribution in [0, 0.1) is 0 Å². The van der Waals surface area contributed by atoms with Gasteiger partial charge in [0, 0.05) is 6.04 Å². The van der Waals surface area contributed by atoms with Gasteiger partial charge in [-0.1, -0.05) is 33.1 Å². The zero-order valence-electron chi connectivity index (χ0n) is 16.6. The lowest BCUT2D eigenvalue weighted by atomic mass is 9.94. The second-order valence-corrected chi connectivity index (χ2v) is 8.62. The van der Waals surface area contributed by atoms with E-state index in [9.17, 15) is 9.59 Å². The van der Waals surface area contributed by atoms with E-state index in [0.29, 0.717) is 40.1 Å².